The summed E-state index contributed by atoms with van der Waals surface area (Å²) in [6.07, 6.45) is 0. The van der Waals surface area contributed by atoms with Crippen molar-refractivity contribution < 1.29 is 29.3 Å². The zero-order valence-corrected chi connectivity index (χ0v) is 21.5. The Balaban J connectivity index is 0.000000983. The molecule has 0 aliphatic carbocycles. The number of nitrogen functional groups attached to an aromatic ring is 1. The van der Waals surface area contributed by atoms with E-state index in [0.717, 1.165) is 11.8 Å². The van der Waals surface area contributed by atoms with E-state index in [1.807, 2.05) is 12.1 Å². The summed E-state index contributed by atoms with van der Waals surface area (Å²) in [7, 11) is 1.54. The second kappa shape index (κ2) is 13.6. The normalized spacial score (nSPS) is 10.1. The van der Waals surface area contributed by atoms with E-state index in [1.54, 1.807) is 48.5 Å². The van der Waals surface area contributed by atoms with E-state index < -0.39 is 5.97 Å². The van der Waals surface area contributed by atoms with Crippen molar-refractivity contribution in [2.24, 2.45) is 0 Å². The maximum absolute atomic E-state index is 11.8. The van der Waals surface area contributed by atoms with Crippen LogP contribution in [-0.4, -0.2) is 51.6 Å². The molecule has 0 spiro atoms. The Morgan fingerprint density at radius 2 is 1.64 bits per heavy atom. The molecule has 11 nitrogen and oxygen atoms in total. The number of methoxy groups -OCH3 is 1. The Morgan fingerprint density at radius 1 is 1.00 bits per heavy atom. The third-order valence-electron chi connectivity index (χ3n) is 5.15. The lowest BCUT2D eigenvalue weighted by molar-refractivity contribution is 0.0662. The van der Waals surface area contributed by atoms with Gasteiger partial charge in [-0.2, -0.15) is 10.5 Å². The van der Waals surface area contributed by atoms with Gasteiger partial charge in [0.2, 0.25) is 11.7 Å². The molecule has 0 fully saturated rings. The lowest BCUT2D eigenvalue weighted by Crippen LogP contribution is -2.04. The number of aliphatic hydroxyl groups is 2. The molecule has 4 rings (SSSR count). The van der Waals surface area contributed by atoms with Gasteiger partial charge in [-0.15, -0.1) is 0 Å². The number of aromatic carboxylic acids is 1. The molecular formula is C27H23N5O6S. The fourth-order valence-electron chi connectivity index (χ4n) is 3.41. The molecule has 0 unspecified atom stereocenters. The molecule has 0 radical (unpaired) electrons. The monoisotopic (exact) mass is 545 g/mol. The number of hydrogen-bond acceptors (Lipinski definition) is 11. The van der Waals surface area contributed by atoms with Crippen molar-refractivity contribution in [3.8, 4) is 40.5 Å². The van der Waals surface area contributed by atoms with E-state index >= 15 is 0 Å². The summed E-state index contributed by atoms with van der Waals surface area (Å²) in [5.41, 5.74) is 8.04. The zero-order valence-electron chi connectivity index (χ0n) is 20.7. The minimum atomic E-state index is -1.26. The molecule has 2 aromatic heterocycles. The molecule has 12 heteroatoms. The maximum Gasteiger partial charge on any atom is 0.373 e. The van der Waals surface area contributed by atoms with E-state index in [9.17, 15) is 20.4 Å². The third-order valence-corrected chi connectivity index (χ3v) is 6.14. The van der Waals surface area contributed by atoms with E-state index in [2.05, 4.69) is 16.0 Å². The van der Waals surface area contributed by atoms with Crippen LogP contribution in [0.5, 0.6) is 5.75 Å². The number of aliphatic hydroxyl groups excluding tert-OH is 2. The molecule has 198 valence electrons. The Kier molecular flexibility index (Phi) is 10.0. The molecule has 2 aromatic carbocycles. The first-order valence-corrected chi connectivity index (χ1v) is 12.3. The summed E-state index contributed by atoms with van der Waals surface area (Å²) in [6, 6.07) is 19.9. The summed E-state index contributed by atoms with van der Waals surface area (Å²) >= 11 is 1.08. The highest BCUT2D eigenvalue weighted by atomic mass is 32.2. The Morgan fingerprint density at radius 3 is 2.18 bits per heavy atom. The number of hydrogen-bond donors (Lipinski definition) is 4. The topological polar surface area (TPSA) is 200 Å². The summed E-state index contributed by atoms with van der Waals surface area (Å²) in [5, 5.41) is 44.7. The van der Waals surface area contributed by atoms with Crippen molar-refractivity contribution in [1.29, 1.82) is 10.5 Å². The predicted octanol–water partition coefficient (Wildman–Crippen LogP) is 3.70. The molecule has 0 atom stereocenters. The molecule has 0 bridgehead atoms. The first kappa shape index (κ1) is 28.7. The second-order valence-corrected chi connectivity index (χ2v) is 8.55. The van der Waals surface area contributed by atoms with Crippen LogP contribution in [0.25, 0.3) is 22.6 Å². The number of nitrogens with zero attached hydrogens (tertiary/aromatic N) is 4. The molecule has 0 saturated carbocycles. The van der Waals surface area contributed by atoms with Gasteiger partial charge in [-0.1, -0.05) is 42.1 Å². The van der Waals surface area contributed by atoms with Crippen LogP contribution < -0.4 is 10.5 Å². The van der Waals surface area contributed by atoms with Gasteiger partial charge in [0.25, 0.3) is 0 Å². The lowest BCUT2D eigenvalue weighted by atomic mass is 9.97. The average molecular weight is 546 g/mol. The number of carboxylic acid groups (broad SMARTS) is 1. The van der Waals surface area contributed by atoms with Gasteiger partial charge >= 0.3 is 5.97 Å². The average Bonchev–Trinajstić information content (AvgIpc) is 3.41. The van der Waals surface area contributed by atoms with Crippen molar-refractivity contribution >= 4 is 23.5 Å². The van der Waals surface area contributed by atoms with Crippen LogP contribution in [0.4, 0.5) is 5.82 Å². The van der Waals surface area contributed by atoms with Crippen LogP contribution in [-0.2, 0) is 5.75 Å². The lowest BCUT2D eigenvalue weighted by Gasteiger charge is -2.13. The van der Waals surface area contributed by atoms with Gasteiger partial charge in [0.05, 0.1) is 25.9 Å². The zero-order chi connectivity index (χ0) is 28.4. The smallest absolute Gasteiger partial charge is 0.373 e. The molecule has 0 saturated heterocycles. The number of thioether (sulfide) groups is 1. The Hall–Kier alpha value is -4.88. The van der Waals surface area contributed by atoms with Gasteiger partial charge in [0.15, 0.2) is 0 Å². The minimum absolute atomic E-state index is 0.0385. The number of pyridine rings is 1. The van der Waals surface area contributed by atoms with E-state index in [1.165, 1.54) is 7.11 Å². The molecule has 5 N–H and O–H groups in total. The number of carbonyl (C=O) groups is 1. The van der Waals surface area contributed by atoms with Crippen LogP contribution in [0.1, 0.15) is 27.4 Å². The number of rotatable bonds is 8. The van der Waals surface area contributed by atoms with Gasteiger partial charge in [0.1, 0.15) is 40.0 Å². The van der Waals surface area contributed by atoms with Crippen molar-refractivity contribution in [2.75, 3.05) is 26.1 Å². The van der Waals surface area contributed by atoms with Gasteiger partial charge < -0.3 is 30.2 Å². The highest BCUT2D eigenvalue weighted by molar-refractivity contribution is 7.98. The Labute approximate surface area is 227 Å². The second-order valence-electron chi connectivity index (χ2n) is 7.58. The number of benzene rings is 2. The number of aromatic nitrogens is 2. The summed E-state index contributed by atoms with van der Waals surface area (Å²) in [4.78, 5) is 20.4. The van der Waals surface area contributed by atoms with Gasteiger partial charge in [0, 0.05) is 16.9 Å². The van der Waals surface area contributed by atoms with E-state index in [-0.39, 0.29) is 58.3 Å². The minimum Gasteiger partial charge on any atom is -0.497 e. The number of nitrogens with two attached hydrogens (primary N) is 1. The van der Waals surface area contributed by atoms with Gasteiger partial charge in [-0.05, 0) is 29.8 Å². The fourth-order valence-corrected chi connectivity index (χ4v) is 4.33. The maximum atomic E-state index is 11.8. The SMILES string of the molecule is COc1ccc(-c2c(C#N)c(N)nc(SCc3nc(-c4ccccc4)oc3C(=O)O)c2C#N)cc1.OCCO. The van der Waals surface area contributed by atoms with E-state index in [0.29, 0.717) is 22.4 Å². The van der Waals surface area contributed by atoms with Gasteiger partial charge in [-0.3, -0.25) is 0 Å². The largest absolute Gasteiger partial charge is 0.497 e. The summed E-state index contributed by atoms with van der Waals surface area (Å²) < 4.78 is 10.7. The molecule has 2 heterocycles. The van der Waals surface area contributed by atoms with Crippen LogP contribution in [0.3, 0.4) is 0 Å². The fraction of sp³-hybridized carbons (Fsp3) is 0.148. The van der Waals surface area contributed by atoms with Crippen LogP contribution >= 0.6 is 11.8 Å². The van der Waals surface area contributed by atoms with Crippen molar-refractivity contribution in [1.82, 2.24) is 9.97 Å². The first-order chi connectivity index (χ1) is 18.9. The molecule has 39 heavy (non-hydrogen) atoms. The van der Waals surface area contributed by atoms with Crippen molar-refractivity contribution in [3.05, 3.63) is 77.2 Å². The predicted molar refractivity (Wildman–Crippen MR) is 143 cm³/mol. The highest BCUT2D eigenvalue weighted by Gasteiger charge is 2.24. The molecular weight excluding hydrogens is 522 g/mol. The third kappa shape index (κ3) is 6.71. The number of oxazole rings is 1. The van der Waals surface area contributed by atoms with Crippen molar-refractivity contribution in [2.45, 2.75) is 10.8 Å². The van der Waals surface area contributed by atoms with Crippen molar-refractivity contribution in [3.63, 3.8) is 0 Å². The van der Waals surface area contributed by atoms with Crippen LogP contribution in [0.15, 0.2) is 64.0 Å². The quantitative estimate of drug-likeness (QED) is 0.234. The molecule has 0 aliphatic rings. The standard InChI is InChI=1S/C25H17N5O4S.C2H6O2/c1-33-16-9-7-14(8-10-16)20-17(11-26)22(28)30-24(18(20)12-27)35-13-19-21(25(31)32)34-23(29-19)15-5-3-2-4-6-15;3-1-2-4/h2-10H,13H2,1H3,(H2,28,30)(H,31,32);3-4H,1-2H2. The molecule has 0 aliphatic heterocycles. The van der Waals surface area contributed by atoms with Gasteiger partial charge in [-0.25, -0.2) is 14.8 Å². The highest BCUT2D eigenvalue weighted by Crippen LogP contribution is 2.37. The number of anilines is 1. The van der Waals surface area contributed by atoms with E-state index in [4.69, 9.17) is 25.1 Å². The molecule has 4 aromatic rings. The summed E-state index contributed by atoms with van der Waals surface area (Å²) in [5.74, 6) is -0.765. The van der Waals surface area contributed by atoms with Crippen LogP contribution in [0, 0.1) is 22.7 Å². The molecule has 0 amide bonds. The van der Waals surface area contributed by atoms with Crippen LogP contribution in [0.2, 0.25) is 0 Å². The number of ether oxygens (including phenoxy) is 1. The number of carboxylic acids is 1. The Bertz CT molecular complexity index is 1520. The number of nitriles is 2. The summed E-state index contributed by atoms with van der Waals surface area (Å²) in [6.45, 7) is -0.250. The first-order valence-electron chi connectivity index (χ1n) is 11.3.